The van der Waals surface area contributed by atoms with Gasteiger partial charge < -0.3 is 10.8 Å². The first-order valence-corrected chi connectivity index (χ1v) is 2.10. The Morgan fingerprint density at radius 1 is 1.56 bits per heavy atom. The molecule has 6 heteroatoms. The van der Waals surface area contributed by atoms with Gasteiger partial charge in [0.15, 0.2) is 0 Å². The highest BCUT2D eigenvalue weighted by molar-refractivity contribution is 6.66. The van der Waals surface area contributed by atoms with Crippen LogP contribution in [0.15, 0.2) is 0 Å². The van der Waals surface area contributed by atoms with Crippen molar-refractivity contribution in [2.45, 2.75) is 6.10 Å². The van der Waals surface area contributed by atoms with Gasteiger partial charge in [0, 0.05) is 0 Å². The summed E-state index contributed by atoms with van der Waals surface area (Å²) in [5.41, 5.74) is 4.44. The summed E-state index contributed by atoms with van der Waals surface area (Å²) in [5, 5.41) is 7.09. The van der Waals surface area contributed by atoms with Crippen LogP contribution >= 0.6 is 24.0 Å². The molecule has 0 aromatic heterocycles. The van der Waals surface area contributed by atoms with Gasteiger partial charge in [-0.15, -0.1) is 12.4 Å². The number of aliphatic hydroxyl groups excluding tert-OH is 1. The molecule has 0 spiro atoms. The highest BCUT2D eigenvalue weighted by Crippen LogP contribution is 1.87. The maximum Gasteiger partial charge on any atom is 0.259 e. The van der Waals surface area contributed by atoms with Crippen molar-refractivity contribution in [1.82, 2.24) is 0 Å². The van der Waals surface area contributed by atoms with Gasteiger partial charge in [-0.05, 0) is 11.6 Å². The van der Waals surface area contributed by atoms with Crippen LogP contribution in [-0.4, -0.2) is 22.4 Å². The van der Waals surface area contributed by atoms with Crippen molar-refractivity contribution in [3.05, 3.63) is 0 Å². The smallest absolute Gasteiger partial charge is 0.259 e. The fourth-order valence-electron chi connectivity index (χ4n) is 0.112. The van der Waals surface area contributed by atoms with E-state index in [4.69, 9.17) is 5.11 Å². The highest BCUT2D eigenvalue weighted by atomic mass is 35.5. The molecule has 0 radical (unpaired) electrons. The van der Waals surface area contributed by atoms with E-state index in [9.17, 15) is 9.59 Å². The van der Waals surface area contributed by atoms with Crippen molar-refractivity contribution >= 4 is 35.2 Å². The minimum absolute atomic E-state index is 0. The molecule has 9 heavy (non-hydrogen) atoms. The van der Waals surface area contributed by atoms with E-state index in [1.165, 1.54) is 0 Å². The number of hydrogen-bond acceptors (Lipinski definition) is 3. The fourth-order valence-corrected chi connectivity index (χ4v) is 0.219. The molecular weight excluding hydrogens is 169 g/mol. The number of hydrogen-bond donors (Lipinski definition) is 2. The Morgan fingerprint density at radius 2 is 1.89 bits per heavy atom. The molecule has 1 atom stereocenters. The summed E-state index contributed by atoms with van der Waals surface area (Å²) >= 11 is 4.63. The molecule has 3 N–H and O–H groups in total. The third-order valence-electron chi connectivity index (χ3n) is 0.484. The highest BCUT2D eigenvalue weighted by Gasteiger charge is 2.17. The molecule has 0 saturated heterocycles. The van der Waals surface area contributed by atoms with Crippen LogP contribution in [0, 0.1) is 0 Å². The van der Waals surface area contributed by atoms with Gasteiger partial charge in [-0.3, -0.25) is 9.59 Å². The Hall–Kier alpha value is -0.320. The van der Waals surface area contributed by atoms with Gasteiger partial charge in [-0.2, -0.15) is 0 Å². The molecule has 0 aromatic carbocycles. The maximum absolute atomic E-state index is 9.81. The van der Waals surface area contributed by atoms with Gasteiger partial charge in [-0.25, -0.2) is 0 Å². The predicted octanol–water partition coefficient (Wildman–Crippen LogP) is -0.980. The SMILES string of the molecule is Cl.NC(=O)C(O)C(=O)Cl. The molecule has 0 aliphatic rings. The van der Waals surface area contributed by atoms with Gasteiger partial charge in [0.05, 0.1) is 0 Å². The van der Waals surface area contributed by atoms with Crippen LogP contribution in [0.25, 0.3) is 0 Å². The number of rotatable bonds is 2. The Balaban J connectivity index is 0. The predicted molar refractivity (Wildman–Crippen MR) is 33.3 cm³/mol. The Morgan fingerprint density at radius 3 is 1.89 bits per heavy atom. The summed E-state index contributed by atoms with van der Waals surface area (Å²) in [6.45, 7) is 0. The minimum atomic E-state index is -1.86. The lowest BCUT2D eigenvalue weighted by Gasteiger charge is -1.94. The van der Waals surface area contributed by atoms with Crippen LogP contribution in [0.4, 0.5) is 0 Å². The van der Waals surface area contributed by atoms with Crippen LogP contribution in [0.5, 0.6) is 0 Å². The summed E-state index contributed by atoms with van der Waals surface area (Å²) in [6, 6.07) is 0. The molecule has 1 unspecified atom stereocenters. The first-order valence-electron chi connectivity index (χ1n) is 1.72. The topological polar surface area (TPSA) is 80.4 Å². The minimum Gasteiger partial charge on any atom is -0.375 e. The van der Waals surface area contributed by atoms with E-state index in [-0.39, 0.29) is 12.4 Å². The number of amides is 1. The number of halogens is 2. The van der Waals surface area contributed by atoms with E-state index in [2.05, 4.69) is 17.3 Å². The number of nitrogens with two attached hydrogens (primary N) is 1. The zero-order chi connectivity index (χ0) is 6.73. The average molecular weight is 174 g/mol. The number of carbonyl (C=O) groups excluding carboxylic acids is 2. The molecule has 0 aliphatic heterocycles. The summed E-state index contributed by atoms with van der Waals surface area (Å²) in [7, 11) is 0. The second-order valence-electron chi connectivity index (χ2n) is 1.11. The van der Waals surface area contributed by atoms with Crippen molar-refractivity contribution in [3.63, 3.8) is 0 Å². The first kappa shape index (κ1) is 11.5. The molecular formula is C3H5Cl2NO3. The Kier molecular flexibility index (Phi) is 5.80. The molecule has 0 saturated carbocycles. The number of carbonyl (C=O) groups is 2. The third-order valence-corrected chi connectivity index (χ3v) is 0.691. The van der Waals surface area contributed by atoms with E-state index >= 15 is 0 Å². The molecule has 0 fully saturated rings. The Bertz CT molecular complexity index is 112. The lowest BCUT2D eigenvalue weighted by molar-refractivity contribution is -0.133. The summed E-state index contributed by atoms with van der Waals surface area (Å²) in [6.07, 6.45) is -1.86. The van der Waals surface area contributed by atoms with E-state index in [0.29, 0.717) is 0 Å². The van der Waals surface area contributed by atoms with Gasteiger partial charge in [0.1, 0.15) is 0 Å². The quantitative estimate of drug-likeness (QED) is 0.417. The van der Waals surface area contributed by atoms with Crippen LogP contribution in [0.3, 0.4) is 0 Å². The van der Waals surface area contributed by atoms with Crippen LogP contribution < -0.4 is 5.73 Å². The lowest BCUT2D eigenvalue weighted by atomic mass is 10.4. The molecule has 1 amide bonds. The molecule has 54 valence electrons. The second kappa shape index (κ2) is 4.55. The van der Waals surface area contributed by atoms with Crippen molar-refractivity contribution in [1.29, 1.82) is 0 Å². The summed E-state index contributed by atoms with van der Waals surface area (Å²) in [5.74, 6) is -1.13. The van der Waals surface area contributed by atoms with Crippen molar-refractivity contribution in [3.8, 4) is 0 Å². The van der Waals surface area contributed by atoms with Gasteiger partial charge in [0.2, 0.25) is 6.10 Å². The van der Waals surface area contributed by atoms with Gasteiger partial charge in [-0.1, -0.05) is 0 Å². The third kappa shape index (κ3) is 4.20. The molecule has 0 rings (SSSR count). The normalized spacial score (nSPS) is 11.3. The largest absolute Gasteiger partial charge is 0.375 e. The van der Waals surface area contributed by atoms with Crippen LogP contribution in [0.2, 0.25) is 0 Å². The second-order valence-corrected chi connectivity index (χ2v) is 1.48. The number of primary amides is 1. The zero-order valence-corrected chi connectivity index (χ0v) is 5.78. The zero-order valence-electron chi connectivity index (χ0n) is 4.20. The fraction of sp³-hybridized carbons (Fsp3) is 0.333. The summed E-state index contributed by atoms with van der Waals surface area (Å²) in [4.78, 5) is 19.6. The maximum atomic E-state index is 9.81. The molecule has 4 nitrogen and oxygen atoms in total. The van der Waals surface area contributed by atoms with Crippen molar-refractivity contribution in [2.24, 2.45) is 5.73 Å². The van der Waals surface area contributed by atoms with Gasteiger partial charge >= 0.3 is 0 Å². The lowest BCUT2D eigenvalue weighted by Crippen LogP contribution is -2.32. The molecule has 0 bridgehead atoms. The molecule has 0 aliphatic carbocycles. The first-order chi connectivity index (χ1) is 3.55. The Labute approximate surface area is 62.4 Å². The average Bonchev–Trinajstić information content (AvgIpc) is 1.64. The van der Waals surface area contributed by atoms with Gasteiger partial charge in [0.25, 0.3) is 11.1 Å². The van der Waals surface area contributed by atoms with E-state index in [1.807, 2.05) is 0 Å². The van der Waals surface area contributed by atoms with Crippen LogP contribution in [-0.2, 0) is 9.59 Å². The van der Waals surface area contributed by atoms with Crippen molar-refractivity contribution in [2.75, 3.05) is 0 Å². The number of aliphatic hydroxyl groups is 1. The standard InChI is InChI=1S/C3H4ClNO3.ClH/c4-2(7)1(6)3(5)8;/h1,6H,(H2,5,8);1H. The monoisotopic (exact) mass is 173 g/mol. The van der Waals surface area contributed by atoms with Crippen molar-refractivity contribution < 1.29 is 14.7 Å². The van der Waals surface area contributed by atoms with E-state index in [1.54, 1.807) is 0 Å². The van der Waals surface area contributed by atoms with E-state index < -0.39 is 17.3 Å². The summed E-state index contributed by atoms with van der Waals surface area (Å²) < 4.78 is 0. The van der Waals surface area contributed by atoms with Crippen LogP contribution in [0.1, 0.15) is 0 Å². The molecule has 0 heterocycles. The molecule has 0 aromatic rings. The van der Waals surface area contributed by atoms with E-state index in [0.717, 1.165) is 0 Å².